The molecule has 0 heteroatoms. The van der Waals surface area contributed by atoms with E-state index in [-0.39, 0.29) is 0 Å². The maximum atomic E-state index is 2.44. The minimum atomic E-state index is 0.673. The largest absolute Gasteiger partial charge is 0.0651 e. The fraction of sp³-hybridized carbons (Fsp3) is 1.00. The highest BCUT2D eigenvalue weighted by Gasteiger charge is 2.48. The quantitative estimate of drug-likeness (QED) is 0.592. The Labute approximate surface area is 77.7 Å². The first kappa shape index (κ1) is 10.1. The van der Waals surface area contributed by atoms with Gasteiger partial charge in [0.25, 0.3) is 0 Å². The van der Waals surface area contributed by atoms with Crippen LogP contribution in [0.4, 0.5) is 0 Å². The van der Waals surface area contributed by atoms with Crippen molar-refractivity contribution in [2.45, 2.75) is 53.9 Å². The molecular formula is C12H24. The Hall–Kier alpha value is 0. The molecule has 0 amide bonds. The molecule has 0 aromatic heterocycles. The molecule has 1 saturated carbocycles. The van der Waals surface area contributed by atoms with Crippen molar-refractivity contribution in [1.29, 1.82) is 0 Å². The normalized spacial score (nSPS) is 31.2. The van der Waals surface area contributed by atoms with Gasteiger partial charge in [0, 0.05) is 0 Å². The first-order chi connectivity index (χ1) is 5.47. The highest BCUT2D eigenvalue weighted by atomic mass is 14.5. The average molecular weight is 168 g/mol. The van der Waals surface area contributed by atoms with Gasteiger partial charge in [0.2, 0.25) is 0 Å². The molecule has 0 spiro atoms. The zero-order valence-electron chi connectivity index (χ0n) is 9.35. The van der Waals surface area contributed by atoms with Crippen LogP contribution in [0.15, 0.2) is 0 Å². The minimum absolute atomic E-state index is 0.673. The maximum absolute atomic E-state index is 2.44. The summed E-state index contributed by atoms with van der Waals surface area (Å²) in [7, 11) is 0. The van der Waals surface area contributed by atoms with Gasteiger partial charge in [-0.15, -0.1) is 0 Å². The van der Waals surface area contributed by atoms with Crippen LogP contribution in [0.5, 0.6) is 0 Å². The predicted octanol–water partition coefficient (Wildman–Crippen LogP) is 4.10. The van der Waals surface area contributed by atoms with Gasteiger partial charge in [0.15, 0.2) is 0 Å². The number of hydrogen-bond acceptors (Lipinski definition) is 0. The summed E-state index contributed by atoms with van der Waals surface area (Å²) in [6.07, 6.45) is 4.24. The van der Waals surface area contributed by atoms with E-state index >= 15 is 0 Å². The monoisotopic (exact) mass is 168 g/mol. The smallest absolute Gasteiger partial charge is 0.0320 e. The fourth-order valence-corrected chi connectivity index (χ4v) is 2.44. The van der Waals surface area contributed by atoms with Crippen LogP contribution in [0.3, 0.4) is 0 Å². The summed E-state index contributed by atoms with van der Waals surface area (Å²) in [4.78, 5) is 0. The molecule has 0 saturated heterocycles. The Morgan fingerprint density at radius 1 is 1.33 bits per heavy atom. The summed E-state index contributed by atoms with van der Waals surface area (Å²) in [6.45, 7) is 11.9. The van der Waals surface area contributed by atoms with E-state index in [1.165, 1.54) is 19.3 Å². The van der Waals surface area contributed by atoms with E-state index in [0.717, 1.165) is 17.8 Å². The lowest BCUT2D eigenvalue weighted by atomic mass is 9.89. The molecular weight excluding hydrogens is 144 g/mol. The summed E-state index contributed by atoms with van der Waals surface area (Å²) in [6, 6.07) is 0. The van der Waals surface area contributed by atoms with Crippen LogP contribution in [0.1, 0.15) is 53.9 Å². The van der Waals surface area contributed by atoms with E-state index in [4.69, 9.17) is 0 Å². The second kappa shape index (κ2) is 3.40. The lowest BCUT2D eigenvalue weighted by Gasteiger charge is -2.17. The van der Waals surface area contributed by atoms with Crippen molar-refractivity contribution in [3.8, 4) is 0 Å². The van der Waals surface area contributed by atoms with Gasteiger partial charge in [0.1, 0.15) is 0 Å². The van der Waals surface area contributed by atoms with Crippen LogP contribution in [0.2, 0.25) is 0 Å². The maximum Gasteiger partial charge on any atom is -0.0320 e. The zero-order valence-corrected chi connectivity index (χ0v) is 9.35. The fourth-order valence-electron chi connectivity index (χ4n) is 2.44. The summed E-state index contributed by atoms with van der Waals surface area (Å²) in [5, 5.41) is 0. The summed E-state index contributed by atoms with van der Waals surface area (Å²) in [5.41, 5.74) is 0.673. The van der Waals surface area contributed by atoms with E-state index in [9.17, 15) is 0 Å². The zero-order chi connectivity index (χ0) is 9.35. The molecule has 1 aliphatic rings. The standard InChI is InChI=1S/C12H24/c1-6-9(2)7-10(3)11-8-12(11,4)5/h9-11H,6-8H2,1-5H3. The highest BCUT2D eigenvalue weighted by molar-refractivity contribution is 4.97. The molecule has 0 N–H and O–H groups in total. The molecule has 1 aliphatic carbocycles. The van der Waals surface area contributed by atoms with Crippen LogP contribution in [-0.2, 0) is 0 Å². The predicted molar refractivity (Wildman–Crippen MR) is 55.1 cm³/mol. The summed E-state index contributed by atoms with van der Waals surface area (Å²) >= 11 is 0. The van der Waals surface area contributed by atoms with Gasteiger partial charge in [-0.1, -0.05) is 41.0 Å². The molecule has 3 unspecified atom stereocenters. The van der Waals surface area contributed by atoms with Crippen molar-refractivity contribution < 1.29 is 0 Å². The van der Waals surface area contributed by atoms with Crippen LogP contribution < -0.4 is 0 Å². The Morgan fingerprint density at radius 2 is 1.83 bits per heavy atom. The minimum Gasteiger partial charge on any atom is -0.0651 e. The van der Waals surface area contributed by atoms with E-state index in [0.29, 0.717) is 5.41 Å². The second-order valence-corrected chi connectivity index (χ2v) is 5.53. The van der Waals surface area contributed by atoms with Gasteiger partial charge in [-0.25, -0.2) is 0 Å². The molecule has 1 fully saturated rings. The Balaban J connectivity index is 2.26. The van der Waals surface area contributed by atoms with E-state index < -0.39 is 0 Å². The number of rotatable bonds is 4. The lowest BCUT2D eigenvalue weighted by Crippen LogP contribution is -2.07. The highest BCUT2D eigenvalue weighted by Crippen LogP contribution is 2.56. The van der Waals surface area contributed by atoms with Gasteiger partial charge in [0.05, 0.1) is 0 Å². The van der Waals surface area contributed by atoms with Crippen molar-refractivity contribution in [2.24, 2.45) is 23.2 Å². The summed E-state index contributed by atoms with van der Waals surface area (Å²) in [5.74, 6) is 2.90. The molecule has 0 aromatic rings. The molecule has 0 aliphatic heterocycles. The van der Waals surface area contributed by atoms with Gasteiger partial charge in [-0.05, 0) is 36.0 Å². The molecule has 1 rings (SSSR count). The SMILES string of the molecule is CCC(C)CC(C)C1CC1(C)C. The van der Waals surface area contributed by atoms with Crippen molar-refractivity contribution in [1.82, 2.24) is 0 Å². The molecule has 72 valence electrons. The van der Waals surface area contributed by atoms with Gasteiger partial charge < -0.3 is 0 Å². The topological polar surface area (TPSA) is 0 Å². The van der Waals surface area contributed by atoms with E-state index in [2.05, 4.69) is 34.6 Å². The summed E-state index contributed by atoms with van der Waals surface area (Å²) < 4.78 is 0. The van der Waals surface area contributed by atoms with Gasteiger partial charge in [-0.3, -0.25) is 0 Å². The average Bonchev–Trinajstić information content (AvgIpc) is 2.59. The van der Waals surface area contributed by atoms with Crippen LogP contribution in [0.25, 0.3) is 0 Å². The van der Waals surface area contributed by atoms with Crippen molar-refractivity contribution in [3.63, 3.8) is 0 Å². The Morgan fingerprint density at radius 3 is 2.17 bits per heavy atom. The Kier molecular flexibility index (Phi) is 2.85. The molecule has 0 bridgehead atoms. The Bertz CT molecular complexity index is 146. The molecule has 0 nitrogen and oxygen atoms in total. The van der Waals surface area contributed by atoms with E-state index in [1.54, 1.807) is 0 Å². The van der Waals surface area contributed by atoms with Crippen LogP contribution in [-0.4, -0.2) is 0 Å². The van der Waals surface area contributed by atoms with Crippen LogP contribution in [0, 0.1) is 23.2 Å². The van der Waals surface area contributed by atoms with Crippen LogP contribution >= 0.6 is 0 Å². The van der Waals surface area contributed by atoms with E-state index in [1.807, 2.05) is 0 Å². The molecule has 3 atom stereocenters. The van der Waals surface area contributed by atoms with Gasteiger partial charge >= 0.3 is 0 Å². The van der Waals surface area contributed by atoms with Crippen molar-refractivity contribution >= 4 is 0 Å². The third-order valence-corrected chi connectivity index (χ3v) is 3.75. The molecule has 0 aromatic carbocycles. The molecule has 0 heterocycles. The first-order valence-electron chi connectivity index (χ1n) is 5.47. The molecule has 0 radical (unpaired) electrons. The van der Waals surface area contributed by atoms with Crippen molar-refractivity contribution in [3.05, 3.63) is 0 Å². The van der Waals surface area contributed by atoms with Gasteiger partial charge in [-0.2, -0.15) is 0 Å². The third-order valence-electron chi connectivity index (χ3n) is 3.75. The second-order valence-electron chi connectivity index (χ2n) is 5.53. The molecule has 12 heavy (non-hydrogen) atoms. The third kappa shape index (κ3) is 2.24. The lowest BCUT2D eigenvalue weighted by molar-refractivity contribution is 0.337. The first-order valence-corrected chi connectivity index (χ1v) is 5.47. The van der Waals surface area contributed by atoms with Crippen molar-refractivity contribution in [2.75, 3.05) is 0 Å². The number of hydrogen-bond donors (Lipinski definition) is 0.